The highest BCUT2D eigenvalue weighted by molar-refractivity contribution is 6.09. The molecule has 1 amide bonds. The number of rotatable bonds is 6. The third-order valence-corrected chi connectivity index (χ3v) is 7.06. The maximum Gasteiger partial charge on any atom is 0.253 e. The lowest BCUT2D eigenvalue weighted by Crippen LogP contribution is -2.41. The Hall–Kier alpha value is -2.05. The number of amides is 1. The van der Waals surface area contributed by atoms with Crippen molar-refractivity contribution in [2.45, 2.75) is 52.6 Å². The maximum absolute atomic E-state index is 13.4. The Morgan fingerprint density at radius 2 is 2.03 bits per heavy atom. The number of para-hydroxylation sites is 1. The molecule has 1 aromatic carbocycles. The van der Waals surface area contributed by atoms with Gasteiger partial charge in [-0.05, 0) is 31.2 Å². The van der Waals surface area contributed by atoms with Gasteiger partial charge in [-0.3, -0.25) is 9.69 Å². The van der Waals surface area contributed by atoms with Gasteiger partial charge >= 0.3 is 0 Å². The van der Waals surface area contributed by atoms with E-state index in [0.29, 0.717) is 0 Å². The molecule has 1 aliphatic heterocycles. The van der Waals surface area contributed by atoms with Gasteiger partial charge in [-0.15, -0.1) is 0 Å². The van der Waals surface area contributed by atoms with Crippen molar-refractivity contribution >= 4 is 16.8 Å². The second kappa shape index (κ2) is 8.60. The van der Waals surface area contributed by atoms with Crippen LogP contribution >= 0.6 is 0 Å². The normalized spacial score (nSPS) is 21.8. The van der Waals surface area contributed by atoms with Gasteiger partial charge in [0.05, 0.1) is 31.4 Å². The molecule has 0 spiro atoms. The molecule has 4 rings (SSSR count). The molecular weight excluding hydrogens is 378 g/mol. The maximum atomic E-state index is 13.4. The van der Waals surface area contributed by atoms with Crippen LogP contribution in [0.15, 0.2) is 18.2 Å². The molecule has 6 heteroatoms. The molecule has 2 aliphatic rings. The van der Waals surface area contributed by atoms with Crippen molar-refractivity contribution in [3.8, 4) is 5.75 Å². The Morgan fingerprint density at radius 3 is 2.70 bits per heavy atom. The Balaban J connectivity index is 1.67. The van der Waals surface area contributed by atoms with E-state index >= 15 is 0 Å². The lowest BCUT2D eigenvalue weighted by Gasteiger charge is -2.28. The molecule has 0 bridgehead atoms. The predicted octanol–water partition coefficient (Wildman–Crippen LogP) is 3.60. The molecule has 1 saturated heterocycles. The van der Waals surface area contributed by atoms with Crippen molar-refractivity contribution in [3.05, 3.63) is 29.5 Å². The van der Waals surface area contributed by atoms with Crippen LogP contribution in [0.3, 0.4) is 0 Å². The zero-order valence-corrected chi connectivity index (χ0v) is 18.8. The third-order valence-electron chi connectivity index (χ3n) is 7.06. The smallest absolute Gasteiger partial charge is 0.253 e. The number of benzene rings is 1. The molecule has 0 radical (unpaired) electrons. The molecule has 1 aliphatic carbocycles. The zero-order valence-electron chi connectivity index (χ0n) is 18.8. The van der Waals surface area contributed by atoms with E-state index in [9.17, 15) is 4.79 Å². The standard InChI is InChI=1S/C24H35N3O3/c1-17-21(23(28)25-20-9-6-10-24(20,2)3)18-7-5-8-19(29-4)22(18)27(17)12-11-26-13-15-30-16-14-26/h5,7-8,20H,6,9-16H2,1-4H3,(H,25,28). The lowest BCUT2D eigenvalue weighted by molar-refractivity contribution is 0.0365. The number of carbonyl (C=O) groups excluding carboxylic acids is 1. The van der Waals surface area contributed by atoms with E-state index in [-0.39, 0.29) is 17.4 Å². The van der Waals surface area contributed by atoms with E-state index in [1.807, 2.05) is 18.2 Å². The highest BCUT2D eigenvalue weighted by Gasteiger charge is 2.36. The van der Waals surface area contributed by atoms with Crippen LogP contribution in [-0.2, 0) is 11.3 Å². The minimum atomic E-state index is 0.0378. The van der Waals surface area contributed by atoms with Gasteiger partial charge in [-0.25, -0.2) is 0 Å². The summed E-state index contributed by atoms with van der Waals surface area (Å²) in [6.45, 7) is 11.8. The molecule has 164 valence electrons. The minimum absolute atomic E-state index is 0.0378. The molecule has 1 saturated carbocycles. The number of ether oxygens (including phenoxy) is 2. The van der Waals surface area contributed by atoms with Crippen molar-refractivity contribution in [1.29, 1.82) is 0 Å². The SMILES string of the molecule is COc1cccc2c(C(=O)NC3CCCC3(C)C)c(C)n(CCN3CCOCC3)c12. The first-order chi connectivity index (χ1) is 14.4. The molecule has 30 heavy (non-hydrogen) atoms. The first-order valence-corrected chi connectivity index (χ1v) is 11.2. The number of methoxy groups -OCH3 is 1. The fourth-order valence-corrected chi connectivity index (χ4v) is 5.12. The monoisotopic (exact) mass is 413 g/mol. The fourth-order valence-electron chi connectivity index (χ4n) is 5.12. The van der Waals surface area contributed by atoms with Crippen LogP contribution in [0.2, 0.25) is 0 Å². The van der Waals surface area contributed by atoms with Gasteiger partial charge in [-0.1, -0.05) is 32.4 Å². The molecular formula is C24H35N3O3. The molecule has 6 nitrogen and oxygen atoms in total. The third kappa shape index (κ3) is 3.95. The summed E-state index contributed by atoms with van der Waals surface area (Å²) in [6, 6.07) is 6.23. The molecule has 1 aromatic heterocycles. The Morgan fingerprint density at radius 1 is 1.27 bits per heavy atom. The van der Waals surface area contributed by atoms with E-state index < -0.39 is 0 Å². The number of nitrogens with one attached hydrogen (secondary N) is 1. The van der Waals surface area contributed by atoms with Gasteiger partial charge < -0.3 is 19.4 Å². The van der Waals surface area contributed by atoms with Crippen LogP contribution in [0, 0.1) is 12.3 Å². The fraction of sp³-hybridized carbons (Fsp3) is 0.625. The second-order valence-electron chi connectivity index (χ2n) is 9.33. The van der Waals surface area contributed by atoms with E-state index in [0.717, 1.165) is 80.1 Å². The molecule has 1 N–H and O–H groups in total. The number of fused-ring (bicyclic) bond motifs is 1. The summed E-state index contributed by atoms with van der Waals surface area (Å²) in [6.07, 6.45) is 3.38. The van der Waals surface area contributed by atoms with E-state index in [4.69, 9.17) is 9.47 Å². The van der Waals surface area contributed by atoms with E-state index in [1.165, 1.54) is 6.42 Å². The summed E-state index contributed by atoms with van der Waals surface area (Å²) in [5, 5.41) is 4.33. The van der Waals surface area contributed by atoms with Gasteiger partial charge in [0.15, 0.2) is 0 Å². The summed E-state index contributed by atoms with van der Waals surface area (Å²) < 4.78 is 13.4. The number of carbonyl (C=O) groups is 1. The van der Waals surface area contributed by atoms with Crippen LogP contribution < -0.4 is 10.1 Å². The predicted molar refractivity (Wildman–Crippen MR) is 119 cm³/mol. The largest absolute Gasteiger partial charge is 0.495 e. The number of nitrogens with zero attached hydrogens (tertiary/aromatic N) is 2. The van der Waals surface area contributed by atoms with Gasteiger partial charge in [0.1, 0.15) is 5.75 Å². The minimum Gasteiger partial charge on any atom is -0.495 e. The van der Waals surface area contributed by atoms with Crippen molar-refractivity contribution < 1.29 is 14.3 Å². The molecule has 2 fully saturated rings. The van der Waals surface area contributed by atoms with Gasteiger partial charge in [0.2, 0.25) is 0 Å². The van der Waals surface area contributed by atoms with Crippen LogP contribution in [-0.4, -0.2) is 61.4 Å². The van der Waals surface area contributed by atoms with Crippen LogP contribution in [0.25, 0.3) is 10.9 Å². The van der Waals surface area contributed by atoms with E-state index in [2.05, 4.69) is 35.6 Å². The lowest BCUT2D eigenvalue weighted by atomic mass is 9.87. The molecule has 1 atom stereocenters. The first-order valence-electron chi connectivity index (χ1n) is 11.2. The van der Waals surface area contributed by atoms with Crippen molar-refractivity contribution in [3.63, 3.8) is 0 Å². The Kier molecular flexibility index (Phi) is 6.07. The number of hydrogen-bond donors (Lipinski definition) is 1. The van der Waals surface area contributed by atoms with Gasteiger partial charge in [0, 0.05) is 43.3 Å². The van der Waals surface area contributed by atoms with E-state index in [1.54, 1.807) is 7.11 Å². The topological polar surface area (TPSA) is 55.7 Å². The molecule has 2 aromatic rings. The first kappa shape index (κ1) is 21.2. The Bertz CT molecular complexity index is 912. The number of aromatic nitrogens is 1. The van der Waals surface area contributed by atoms with Crippen LogP contribution in [0.4, 0.5) is 0 Å². The Labute approximate surface area is 179 Å². The van der Waals surface area contributed by atoms with Crippen molar-refractivity contribution in [1.82, 2.24) is 14.8 Å². The summed E-state index contributed by atoms with van der Waals surface area (Å²) >= 11 is 0. The van der Waals surface area contributed by atoms with Crippen LogP contribution in [0.5, 0.6) is 5.75 Å². The second-order valence-corrected chi connectivity index (χ2v) is 9.33. The number of hydrogen-bond acceptors (Lipinski definition) is 4. The molecule has 2 heterocycles. The quantitative estimate of drug-likeness (QED) is 0.786. The van der Waals surface area contributed by atoms with Crippen LogP contribution in [0.1, 0.15) is 49.2 Å². The van der Waals surface area contributed by atoms with Crippen molar-refractivity contribution in [2.75, 3.05) is 40.0 Å². The zero-order chi connectivity index (χ0) is 21.3. The number of morpholine rings is 1. The molecule has 1 unspecified atom stereocenters. The van der Waals surface area contributed by atoms with Gasteiger partial charge in [-0.2, -0.15) is 0 Å². The average Bonchev–Trinajstić information content (AvgIpc) is 3.22. The van der Waals surface area contributed by atoms with Gasteiger partial charge in [0.25, 0.3) is 5.91 Å². The van der Waals surface area contributed by atoms with Crippen molar-refractivity contribution in [2.24, 2.45) is 5.41 Å². The summed E-state index contributed by atoms with van der Waals surface area (Å²) in [5.74, 6) is 0.855. The summed E-state index contributed by atoms with van der Waals surface area (Å²) in [7, 11) is 1.70. The summed E-state index contributed by atoms with van der Waals surface area (Å²) in [4.78, 5) is 15.9. The highest BCUT2D eigenvalue weighted by Crippen LogP contribution is 2.38. The average molecular weight is 414 g/mol. The highest BCUT2D eigenvalue weighted by atomic mass is 16.5. The summed E-state index contributed by atoms with van der Waals surface area (Å²) in [5.41, 5.74) is 2.96.